The van der Waals surface area contributed by atoms with Crippen LogP contribution in [0.1, 0.15) is 76.6 Å². The van der Waals surface area contributed by atoms with Crippen LogP contribution in [0.3, 0.4) is 0 Å². The summed E-state index contributed by atoms with van der Waals surface area (Å²) in [5, 5.41) is 7.88. The maximum Gasteiger partial charge on any atom is 0.245 e. The highest BCUT2D eigenvalue weighted by atomic mass is 16.2. The normalized spacial score (nSPS) is 13.8. The van der Waals surface area contributed by atoms with Crippen molar-refractivity contribution in [1.29, 1.82) is 0 Å². The first-order chi connectivity index (χ1) is 15.1. The van der Waals surface area contributed by atoms with Gasteiger partial charge in [0.05, 0.1) is 17.9 Å². The zero-order chi connectivity index (χ0) is 23.5. The van der Waals surface area contributed by atoms with Crippen LogP contribution in [-0.2, 0) is 15.0 Å². The Morgan fingerprint density at radius 2 is 1.88 bits per heavy atom. The Labute approximate surface area is 192 Å². The van der Waals surface area contributed by atoms with Crippen LogP contribution in [0.5, 0.6) is 0 Å². The number of aryl methyl sites for hydroxylation is 2. The lowest BCUT2D eigenvalue weighted by atomic mass is 9.92. The van der Waals surface area contributed by atoms with Gasteiger partial charge in [0.15, 0.2) is 0 Å². The van der Waals surface area contributed by atoms with Crippen LogP contribution in [0.15, 0.2) is 24.3 Å². The standard InChI is InChI=1S/C26H38N4O2/c1-7-8-9-14-29(25(32)20-11-12-20)17-24(31)27-23-16-22(26(4,5)6)28-30(23)21-13-10-18(2)15-19(21)3/h10,13,15-16,20H,7-9,11-12,14,17H2,1-6H3,(H,27,31). The molecule has 1 fully saturated rings. The lowest BCUT2D eigenvalue weighted by molar-refractivity contribution is -0.135. The van der Waals surface area contributed by atoms with E-state index in [-0.39, 0.29) is 29.7 Å². The molecular formula is C26H38N4O2. The number of hydrogen-bond acceptors (Lipinski definition) is 3. The van der Waals surface area contributed by atoms with E-state index in [1.807, 2.05) is 16.8 Å². The molecule has 1 aliphatic rings. The highest BCUT2D eigenvalue weighted by Crippen LogP contribution is 2.31. The molecule has 174 valence electrons. The third kappa shape index (κ3) is 5.99. The molecule has 2 amide bonds. The number of hydrogen-bond donors (Lipinski definition) is 1. The quantitative estimate of drug-likeness (QED) is 0.550. The second-order valence-electron chi connectivity index (χ2n) is 10.2. The molecule has 1 heterocycles. The summed E-state index contributed by atoms with van der Waals surface area (Å²) >= 11 is 0. The maximum atomic E-state index is 13.0. The molecule has 0 spiro atoms. The van der Waals surface area contributed by atoms with Gasteiger partial charge in [-0.15, -0.1) is 0 Å². The third-order valence-electron chi connectivity index (χ3n) is 5.93. The van der Waals surface area contributed by atoms with Crippen molar-refractivity contribution in [3.63, 3.8) is 0 Å². The van der Waals surface area contributed by atoms with E-state index >= 15 is 0 Å². The predicted octanol–water partition coefficient (Wildman–Crippen LogP) is 5.15. The van der Waals surface area contributed by atoms with Crippen molar-refractivity contribution in [1.82, 2.24) is 14.7 Å². The van der Waals surface area contributed by atoms with Crippen molar-refractivity contribution in [3.8, 4) is 5.69 Å². The van der Waals surface area contributed by atoms with Crippen molar-refractivity contribution in [2.24, 2.45) is 5.92 Å². The number of anilines is 1. The fraction of sp³-hybridized carbons (Fsp3) is 0.577. The minimum Gasteiger partial charge on any atom is -0.333 e. The topological polar surface area (TPSA) is 67.2 Å². The molecule has 6 heteroatoms. The Hall–Kier alpha value is -2.63. The summed E-state index contributed by atoms with van der Waals surface area (Å²) in [7, 11) is 0. The fourth-order valence-electron chi connectivity index (χ4n) is 3.83. The summed E-state index contributed by atoms with van der Waals surface area (Å²) in [5.74, 6) is 0.688. The largest absolute Gasteiger partial charge is 0.333 e. The van der Waals surface area contributed by atoms with Crippen LogP contribution < -0.4 is 5.32 Å². The van der Waals surface area contributed by atoms with Crippen molar-refractivity contribution in [2.45, 2.75) is 79.1 Å². The molecule has 1 saturated carbocycles. The number of rotatable bonds is 9. The SMILES string of the molecule is CCCCCN(CC(=O)Nc1cc(C(C)(C)C)nn1-c1ccc(C)cc1C)C(=O)C1CC1. The van der Waals surface area contributed by atoms with E-state index in [0.717, 1.165) is 49.0 Å². The summed E-state index contributed by atoms with van der Waals surface area (Å²) in [6.07, 6.45) is 4.96. The van der Waals surface area contributed by atoms with E-state index < -0.39 is 0 Å². The first-order valence-corrected chi connectivity index (χ1v) is 11.9. The molecule has 1 aromatic heterocycles. The Bertz CT molecular complexity index is 967. The molecule has 2 aromatic rings. The van der Waals surface area contributed by atoms with Gasteiger partial charge in [0.1, 0.15) is 5.82 Å². The number of nitrogens with zero attached hydrogens (tertiary/aromatic N) is 3. The van der Waals surface area contributed by atoms with Gasteiger partial charge in [-0.3, -0.25) is 9.59 Å². The summed E-state index contributed by atoms with van der Waals surface area (Å²) < 4.78 is 1.82. The predicted molar refractivity (Wildman–Crippen MR) is 129 cm³/mol. The van der Waals surface area contributed by atoms with Gasteiger partial charge in [0.2, 0.25) is 11.8 Å². The number of aromatic nitrogens is 2. The van der Waals surface area contributed by atoms with E-state index in [1.165, 1.54) is 5.56 Å². The molecule has 0 bridgehead atoms. The number of benzene rings is 1. The molecule has 0 radical (unpaired) electrons. The molecule has 1 N–H and O–H groups in total. The highest BCUT2D eigenvalue weighted by Gasteiger charge is 2.34. The van der Waals surface area contributed by atoms with Gasteiger partial charge in [-0.05, 0) is 44.7 Å². The van der Waals surface area contributed by atoms with Gasteiger partial charge in [-0.25, -0.2) is 4.68 Å². The Balaban J connectivity index is 1.83. The van der Waals surface area contributed by atoms with Crippen molar-refractivity contribution in [2.75, 3.05) is 18.4 Å². The molecule has 32 heavy (non-hydrogen) atoms. The number of carbonyl (C=O) groups excluding carboxylic acids is 2. The first kappa shape index (κ1) is 24.0. The van der Waals surface area contributed by atoms with Gasteiger partial charge in [0.25, 0.3) is 0 Å². The summed E-state index contributed by atoms with van der Waals surface area (Å²) in [5.41, 5.74) is 3.96. The lowest BCUT2D eigenvalue weighted by Gasteiger charge is -2.22. The minimum atomic E-state index is -0.179. The number of amides is 2. The zero-order valence-corrected chi connectivity index (χ0v) is 20.5. The lowest BCUT2D eigenvalue weighted by Crippen LogP contribution is -2.39. The Morgan fingerprint density at radius 1 is 1.16 bits per heavy atom. The van der Waals surface area contributed by atoms with E-state index in [2.05, 4.69) is 59.0 Å². The van der Waals surface area contributed by atoms with E-state index in [1.54, 1.807) is 4.90 Å². The fourth-order valence-corrected chi connectivity index (χ4v) is 3.83. The number of carbonyl (C=O) groups is 2. The van der Waals surface area contributed by atoms with Gasteiger partial charge < -0.3 is 10.2 Å². The van der Waals surface area contributed by atoms with Crippen LogP contribution in [0, 0.1) is 19.8 Å². The number of unbranched alkanes of at least 4 members (excludes halogenated alkanes) is 2. The Kier molecular flexibility index (Phi) is 7.42. The molecule has 0 unspecified atom stereocenters. The second kappa shape index (κ2) is 9.88. The van der Waals surface area contributed by atoms with Crippen LogP contribution >= 0.6 is 0 Å². The Morgan fingerprint density at radius 3 is 2.47 bits per heavy atom. The van der Waals surface area contributed by atoms with Crippen LogP contribution in [0.25, 0.3) is 5.69 Å². The zero-order valence-electron chi connectivity index (χ0n) is 20.5. The smallest absolute Gasteiger partial charge is 0.245 e. The molecule has 6 nitrogen and oxygen atoms in total. The minimum absolute atomic E-state index is 0.0853. The second-order valence-corrected chi connectivity index (χ2v) is 10.2. The molecule has 1 aliphatic carbocycles. The first-order valence-electron chi connectivity index (χ1n) is 11.9. The van der Waals surface area contributed by atoms with Crippen LogP contribution in [-0.4, -0.2) is 39.6 Å². The molecule has 1 aromatic carbocycles. The van der Waals surface area contributed by atoms with Crippen molar-refractivity contribution < 1.29 is 9.59 Å². The van der Waals surface area contributed by atoms with E-state index in [4.69, 9.17) is 5.10 Å². The van der Waals surface area contributed by atoms with Gasteiger partial charge in [-0.1, -0.05) is 58.2 Å². The average molecular weight is 439 g/mol. The van der Waals surface area contributed by atoms with Gasteiger partial charge in [0, 0.05) is 23.9 Å². The highest BCUT2D eigenvalue weighted by molar-refractivity contribution is 5.94. The molecule has 0 aliphatic heterocycles. The van der Waals surface area contributed by atoms with E-state index in [0.29, 0.717) is 12.4 Å². The average Bonchev–Trinajstić information content (AvgIpc) is 3.47. The summed E-state index contributed by atoms with van der Waals surface area (Å²) in [6, 6.07) is 8.15. The van der Waals surface area contributed by atoms with Crippen molar-refractivity contribution in [3.05, 3.63) is 41.1 Å². The van der Waals surface area contributed by atoms with E-state index in [9.17, 15) is 9.59 Å². The van der Waals surface area contributed by atoms with Gasteiger partial charge in [-0.2, -0.15) is 5.10 Å². The van der Waals surface area contributed by atoms with Crippen LogP contribution in [0.4, 0.5) is 5.82 Å². The monoisotopic (exact) mass is 438 g/mol. The van der Waals surface area contributed by atoms with Gasteiger partial charge >= 0.3 is 0 Å². The number of nitrogens with one attached hydrogen (secondary N) is 1. The van der Waals surface area contributed by atoms with Crippen LogP contribution in [0.2, 0.25) is 0 Å². The third-order valence-corrected chi connectivity index (χ3v) is 5.93. The maximum absolute atomic E-state index is 13.0. The summed E-state index contributed by atoms with van der Waals surface area (Å²) in [6.45, 7) is 13.3. The molecule has 0 atom stereocenters. The molecule has 3 rings (SSSR count). The molecular weight excluding hydrogens is 400 g/mol. The summed E-state index contributed by atoms with van der Waals surface area (Å²) in [4.78, 5) is 27.5. The van der Waals surface area contributed by atoms with Crippen molar-refractivity contribution >= 4 is 17.6 Å². The molecule has 0 saturated heterocycles.